The van der Waals surface area contributed by atoms with Gasteiger partial charge in [0.2, 0.25) is 0 Å². The van der Waals surface area contributed by atoms with Crippen LogP contribution in [0.15, 0.2) is 40.9 Å². The summed E-state index contributed by atoms with van der Waals surface area (Å²) in [5.41, 5.74) is 1.33. The van der Waals surface area contributed by atoms with E-state index >= 15 is 0 Å². The van der Waals surface area contributed by atoms with E-state index in [1.165, 1.54) is 18.2 Å². The maximum Gasteiger partial charge on any atom is 0.161 e. The number of hydrogen-bond acceptors (Lipinski definition) is 2. The maximum atomic E-state index is 14.2. The molecule has 20 heavy (non-hydrogen) atoms. The zero-order valence-electron chi connectivity index (χ0n) is 10.7. The van der Waals surface area contributed by atoms with Crippen LogP contribution in [0.3, 0.4) is 0 Å². The zero-order valence-corrected chi connectivity index (χ0v) is 12.3. The molecule has 0 aromatic heterocycles. The van der Waals surface area contributed by atoms with Gasteiger partial charge in [0.15, 0.2) is 5.82 Å². The van der Waals surface area contributed by atoms with Gasteiger partial charge in [-0.3, -0.25) is 0 Å². The lowest BCUT2D eigenvalue weighted by Gasteiger charge is -2.20. The van der Waals surface area contributed by atoms with Crippen LogP contribution >= 0.6 is 15.9 Å². The largest absolute Gasteiger partial charge is 0.368 e. The van der Waals surface area contributed by atoms with Gasteiger partial charge in [0.25, 0.3) is 0 Å². The molecule has 0 atom stereocenters. The lowest BCUT2D eigenvalue weighted by molar-refractivity contribution is 0.613. The monoisotopic (exact) mass is 336 g/mol. The fourth-order valence-corrected chi connectivity index (χ4v) is 2.34. The molecule has 2 aromatic carbocycles. The van der Waals surface area contributed by atoms with Crippen molar-refractivity contribution in [2.45, 2.75) is 6.54 Å². The average molecular weight is 337 g/mol. The van der Waals surface area contributed by atoms with Gasteiger partial charge in [-0.1, -0.05) is 12.1 Å². The Bertz CT molecular complexity index is 680. The van der Waals surface area contributed by atoms with Crippen LogP contribution in [0.4, 0.5) is 14.5 Å². The van der Waals surface area contributed by atoms with E-state index in [0.717, 1.165) is 5.56 Å². The van der Waals surface area contributed by atoms with Crippen molar-refractivity contribution in [1.29, 1.82) is 5.26 Å². The molecular weight excluding hydrogens is 326 g/mol. The van der Waals surface area contributed by atoms with Crippen molar-refractivity contribution in [3.8, 4) is 6.07 Å². The highest BCUT2D eigenvalue weighted by Gasteiger charge is 2.14. The third kappa shape index (κ3) is 2.97. The van der Waals surface area contributed by atoms with E-state index in [9.17, 15) is 8.78 Å². The molecule has 2 nitrogen and oxygen atoms in total. The second-order valence-corrected chi connectivity index (χ2v) is 5.15. The van der Waals surface area contributed by atoms with Crippen molar-refractivity contribution in [3.63, 3.8) is 0 Å². The molecule has 0 aliphatic carbocycles. The van der Waals surface area contributed by atoms with Crippen LogP contribution in [0, 0.1) is 23.0 Å². The van der Waals surface area contributed by atoms with Gasteiger partial charge in [0.05, 0.1) is 15.7 Å². The van der Waals surface area contributed by atoms with Crippen molar-refractivity contribution in [2.24, 2.45) is 0 Å². The van der Waals surface area contributed by atoms with E-state index in [1.807, 2.05) is 6.07 Å². The summed E-state index contributed by atoms with van der Waals surface area (Å²) in [5, 5.41) is 8.84. The number of nitriles is 1. The highest BCUT2D eigenvalue weighted by Crippen LogP contribution is 2.29. The van der Waals surface area contributed by atoms with Gasteiger partial charge in [0, 0.05) is 13.6 Å². The van der Waals surface area contributed by atoms with E-state index in [1.54, 1.807) is 30.1 Å². The molecule has 0 bridgehead atoms. The van der Waals surface area contributed by atoms with Crippen molar-refractivity contribution < 1.29 is 8.78 Å². The van der Waals surface area contributed by atoms with Gasteiger partial charge >= 0.3 is 0 Å². The summed E-state index contributed by atoms with van der Waals surface area (Å²) in [6.07, 6.45) is 0. The third-order valence-electron chi connectivity index (χ3n) is 2.90. The molecule has 0 heterocycles. The molecule has 102 valence electrons. The molecule has 0 amide bonds. The minimum atomic E-state index is -0.497. The fourth-order valence-electron chi connectivity index (χ4n) is 1.91. The Morgan fingerprint density at radius 1 is 1.25 bits per heavy atom. The third-order valence-corrected chi connectivity index (χ3v) is 3.68. The Hall–Kier alpha value is -1.93. The first kappa shape index (κ1) is 14.5. The number of halogens is 3. The normalized spacial score (nSPS) is 10.2. The van der Waals surface area contributed by atoms with Crippen LogP contribution in [0.5, 0.6) is 0 Å². The maximum absolute atomic E-state index is 14.2. The minimum Gasteiger partial charge on any atom is -0.368 e. The molecular formula is C15H11BrF2N2. The van der Waals surface area contributed by atoms with Gasteiger partial charge in [-0.15, -0.1) is 0 Å². The van der Waals surface area contributed by atoms with Crippen molar-refractivity contribution in [3.05, 3.63) is 63.6 Å². The quantitative estimate of drug-likeness (QED) is 0.838. The summed E-state index contributed by atoms with van der Waals surface area (Å²) in [5.74, 6) is -0.819. The Kier molecular flexibility index (Phi) is 4.35. The van der Waals surface area contributed by atoms with Gasteiger partial charge in [0.1, 0.15) is 11.9 Å². The fraction of sp³-hybridized carbons (Fsp3) is 0.133. The molecule has 0 spiro atoms. The first-order valence-electron chi connectivity index (χ1n) is 5.86. The summed E-state index contributed by atoms with van der Waals surface area (Å²) >= 11 is 3.07. The number of benzene rings is 2. The smallest absolute Gasteiger partial charge is 0.161 e. The Morgan fingerprint density at radius 2 is 2.00 bits per heavy atom. The predicted molar refractivity (Wildman–Crippen MR) is 77.3 cm³/mol. The Labute approximate surface area is 124 Å². The summed E-state index contributed by atoms with van der Waals surface area (Å²) in [7, 11) is 1.71. The molecule has 2 aromatic rings. The van der Waals surface area contributed by atoms with Crippen LogP contribution in [0.2, 0.25) is 0 Å². The molecule has 0 saturated carbocycles. The number of hydrogen-bond donors (Lipinski definition) is 0. The van der Waals surface area contributed by atoms with Crippen molar-refractivity contribution >= 4 is 21.6 Å². The van der Waals surface area contributed by atoms with Crippen LogP contribution in [-0.4, -0.2) is 7.05 Å². The van der Waals surface area contributed by atoms with Crippen molar-refractivity contribution in [2.75, 3.05) is 11.9 Å². The molecule has 0 fully saturated rings. The average Bonchev–Trinajstić information content (AvgIpc) is 2.41. The molecule has 0 aliphatic rings. The van der Waals surface area contributed by atoms with E-state index in [4.69, 9.17) is 5.26 Å². The highest BCUT2D eigenvalue weighted by atomic mass is 79.9. The molecule has 2 rings (SSSR count). The zero-order chi connectivity index (χ0) is 14.7. The molecule has 0 radical (unpaired) electrons. The molecule has 0 aliphatic heterocycles. The molecule has 5 heteroatoms. The number of rotatable bonds is 3. The van der Waals surface area contributed by atoms with E-state index in [2.05, 4.69) is 15.9 Å². The second-order valence-electron chi connectivity index (χ2n) is 4.36. The second kappa shape index (κ2) is 6.02. The molecule has 0 saturated heterocycles. The summed E-state index contributed by atoms with van der Waals surface area (Å²) in [6.45, 7) is 0.368. The standard InChI is InChI=1S/C15H11BrF2N2/c1-20(9-10-3-2-4-12(17)7-10)13-6-5-11(8-19)14(16)15(13)18/h2-7H,9H2,1H3. The first-order chi connectivity index (χ1) is 9.52. The summed E-state index contributed by atoms with van der Waals surface area (Å²) < 4.78 is 27.4. The lowest BCUT2D eigenvalue weighted by Crippen LogP contribution is -2.18. The van der Waals surface area contributed by atoms with Gasteiger partial charge < -0.3 is 4.90 Å². The highest BCUT2D eigenvalue weighted by molar-refractivity contribution is 9.10. The van der Waals surface area contributed by atoms with Gasteiger partial charge in [-0.05, 0) is 45.8 Å². The number of anilines is 1. The lowest BCUT2D eigenvalue weighted by atomic mass is 10.1. The minimum absolute atomic E-state index is 0.142. The summed E-state index contributed by atoms with van der Waals surface area (Å²) in [6, 6.07) is 11.2. The van der Waals surface area contributed by atoms with Crippen LogP contribution < -0.4 is 4.90 Å². The molecule has 0 N–H and O–H groups in total. The van der Waals surface area contributed by atoms with E-state index in [-0.39, 0.29) is 15.9 Å². The Balaban J connectivity index is 2.28. The summed E-state index contributed by atoms with van der Waals surface area (Å²) in [4.78, 5) is 1.66. The SMILES string of the molecule is CN(Cc1cccc(F)c1)c1ccc(C#N)c(Br)c1F. The Morgan fingerprint density at radius 3 is 2.65 bits per heavy atom. The topological polar surface area (TPSA) is 27.0 Å². The number of nitrogens with zero attached hydrogens (tertiary/aromatic N) is 2. The van der Waals surface area contributed by atoms with Crippen molar-refractivity contribution in [1.82, 2.24) is 0 Å². The van der Waals surface area contributed by atoms with Crippen LogP contribution in [0.1, 0.15) is 11.1 Å². The first-order valence-corrected chi connectivity index (χ1v) is 6.66. The van der Waals surface area contributed by atoms with Crippen LogP contribution in [-0.2, 0) is 6.54 Å². The van der Waals surface area contributed by atoms with Gasteiger partial charge in [-0.25, -0.2) is 8.78 Å². The van der Waals surface area contributed by atoms with E-state index < -0.39 is 5.82 Å². The predicted octanol–water partition coefficient (Wildman–Crippen LogP) is 4.24. The van der Waals surface area contributed by atoms with E-state index in [0.29, 0.717) is 12.2 Å². The molecule has 0 unspecified atom stereocenters. The van der Waals surface area contributed by atoms with Gasteiger partial charge in [-0.2, -0.15) is 5.26 Å². The van der Waals surface area contributed by atoms with Crippen LogP contribution in [0.25, 0.3) is 0 Å².